The number of fused-ring (bicyclic) bond motifs is 3. The van der Waals surface area contributed by atoms with Gasteiger partial charge in [0, 0.05) is 35.7 Å². The first-order chi connectivity index (χ1) is 20.9. The van der Waals surface area contributed by atoms with Crippen LogP contribution in [-0.4, -0.2) is 77.8 Å². The molecule has 3 N–H and O–H groups in total. The molecule has 0 bridgehead atoms. The van der Waals surface area contributed by atoms with Gasteiger partial charge in [0.05, 0.1) is 25.7 Å². The zero-order valence-electron chi connectivity index (χ0n) is 25.9. The van der Waals surface area contributed by atoms with Gasteiger partial charge in [-0.3, -0.25) is 14.4 Å². The minimum Gasteiger partial charge on any atom is -0.493 e. The van der Waals surface area contributed by atoms with Crippen molar-refractivity contribution in [2.75, 3.05) is 20.3 Å². The number of aliphatic hydroxyl groups is 2. The van der Waals surface area contributed by atoms with Crippen molar-refractivity contribution in [3.63, 3.8) is 0 Å². The Morgan fingerprint density at radius 1 is 1.07 bits per heavy atom. The first-order valence-electron chi connectivity index (χ1n) is 16.4. The smallest absolute Gasteiger partial charge is 0.247 e. The standard InChI is InChI=1S/C34H50N2O7/c1-3-4-5-6-7-8-9-10-11-16-29(39)36(24-14-12-13-15-24)27-21-26(34(41)35-17-18-37)30-25-19-23(22-38)20-28(42-2)32(25)43-33(30)31(27)40/h19-22,24,27,30-31,33,37,40H,3-18H2,1-2H3,(H,35,41). The predicted octanol–water partition coefficient (Wildman–Crippen LogP) is 4.82. The van der Waals surface area contributed by atoms with E-state index in [1.54, 1.807) is 18.2 Å². The van der Waals surface area contributed by atoms with Crippen LogP contribution in [0.25, 0.3) is 0 Å². The average Bonchev–Trinajstić information content (AvgIpc) is 3.68. The number of hydrogen-bond acceptors (Lipinski definition) is 7. The van der Waals surface area contributed by atoms with Gasteiger partial charge < -0.3 is 29.9 Å². The van der Waals surface area contributed by atoms with Gasteiger partial charge in [0.25, 0.3) is 0 Å². The monoisotopic (exact) mass is 598 g/mol. The molecular formula is C34H50N2O7. The molecule has 0 radical (unpaired) electrons. The van der Waals surface area contributed by atoms with E-state index in [9.17, 15) is 24.6 Å². The van der Waals surface area contributed by atoms with Crippen LogP contribution in [0.15, 0.2) is 23.8 Å². The van der Waals surface area contributed by atoms with Crippen molar-refractivity contribution in [3.05, 3.63) is 34.9 Å². The Hall–Kier alpha value is -2.91. The fourth-order valence-corrected chi connectivity index (χ4v) is 7.04. The number of unbranched alkanes of at least 4 members (excludes halogenated alkanes) is 8. The van der Waals surface area contributed by atoms with Gasteiger partial charge in [-0.1, -0.05) is 71.1 Å². The van der Waals surface area contributed by atoms with E-state index in [-0.39, 0.29) is 25.1 Å². The zero-order chi connectivity index (χ0) is 30.8. The van der Waals surface area contributed by atoms with Gasteiger partial charge in [-0.05, 0) is 37.5 Å². The summed E-state index contributed by atoms with van der Waals surface area (Å²) in [5.41, 5.74) is 1.31. The van der Waals surface area contributed by atoms with E-state index >= 15 is 0 Å². The lowest BCUT2D eigenvalue weighted by Gasteiger charge is -2.43. The van der Waals surface area contributed by atoms with Crippen LogP contribution in [-0.2, 0) is 9.59 Å². The van der Waals surface area contributed by atoms with Gasteiger partial charge in [-0.2, -0.15) is 0 Å². The molecule has 1 aromatic rings. The van der Waals surface area contributed by atoms with Gasteiger partial charge in [0.2, 0.25) is 11.8 Å². The van der Waals surface area contributed by atoms with Crippen LogP contribution in [0.5, 0.6) is 11.5 Å². The number of carbonyl (C=O) groups excluding carboxylic acids is 3. The first-order valence-corrected chi connectivity index (χ1v) is 16.4. The topological polar surface area (TPSA) is 125 Å². The van der Waals surface area contributed by atoms with Crippen LogP contribution in [0.4, 0.5) is 0 Å². The van der Waals surface area contributed by atoms with Crippen molar-refractivity contribution in [2.45, 2.75) is 127 Å². The quantitative estimate of drug-likeness (QED) is 0.173. The first kappa shape index (κ1) is 33.0. The summed E-state index contributed by atoms with van der Waals surface area (Å²) in [5.74, 6) is -0.323. The van der Waals surface area contributed by atoms with Crippen LogP contribution in [0.3, 0.4) is 0 Å². The summed E-state index contributed by atoms with van der Waals surface area (Å²) < 4.78 is 11.8. The summed E-state index contributed by atoms with van der Waals surface area (Å²) in [6.45, 7) is 2.07. The number of nitrogens with one attached hydrogen (secondary N) is 1. The van der Waals surface area contributed by atoms with Crippen LogP contribution >= 0.6 is 0 Å². The van der Waals surface area contributed by atoms with Crippen LogP contribution in [0, 0.1) is 0 Å². The Kier molecular flexibility index (Phi) is 12.5. The third-order valence-corrected chi connectivity index (χ3v) is 9.23. The largest absolute Gasteiger partial charge is 0.493 e. The normalized spacial score (nSPS) is 22.7. The molecule has 1 aliphatic heterocycles. The summed E-state index contributed by atoms with van der Waals surface area (Å²) in [4.78, 5) is 40.9. The summed E-state index contributed by atoms with van der Waals surface area (Å²) >= 11 is 0. The second kappa shape index (κ2) is 16.2. The second-order valence-electron chi connectivity index (χ2n) is 12.2. The third kappa shape index (κ3) is 7.79. The molecule has 0 aromatic heterocycles. The van der Waals surface area contributed by atoms with Gasteiger partial charge >= 0.3 is 0 Å². The number of nitrogens with zero attached hydrogens (tertiary/aromatic N) is 1. The average molecular weight is 599 g/mol. The number of methoxy groups -OCH3 is 1. The molecule has 1 saturated carbocycles. The molecule has 0 saturated heterocycles. The van der Waals surface area contributed by atoms with Gasteiger partial charge in [-0.25, -0.2) is 0 Å². The van der Waals surface area contributed by atoms with Gasteiger partial charge in [-0.15, -0.1) is 0 Å². The maximum absolute atomic E-state index is 13.9. The highest BCUT2D eigenvalue weighted by atomic mass is 16.5. The highest BCUT2D eigenvalue weighted by molar-refractivity contribution is 5.96. The van der Waals surface area contributed by atoms with Crippen LogP contribution in [0.2, 0.25) is 0 Å². The van der Waals surface area contributed by atoms with Crippen LogP contribution in [0.1, 0.15) is 119 Å². The molecule has 1 aromatic carbocycles. The van der Waals surface area contributed by atoms with Crippen molar-refractivity contribution < 1.29 is 34.1 Å². The van der Waals surface area contributed by atoms with E-state index in [1.807, 2.05) is 4.90 Å². The number of ether oxygens (including phenoxy) is 2. The molecule has 43 heavy (non-hydrogen) atoms. The van der Waals surface area contributed by atoms with E-state index < -0.39 is 30.1 Å². The molecule has 4 rings (SSSR count). The SMILES string of the molecule is CCCCCCCCCCCC(=O)N(C1CCCC1)C1C=C(C(=O)NCCO)C2c3cc(C=O)cc(OC)c3OC2C1O. The Balaban J connectivity index is 1.57. The molecule has 9 heteroatoms. The molecule has 0 spiro atoms. The molecular weight excluding hydrogens is 548 g/mol. The van der Waals surface area contributed by atoms with E-state index in [1.165, 1.54) is 45.6 Å². The fraction of sp³-hybridized carbons (Fsp3) is 0.676. The van der Waals surface area contributed by atoms with Crippen molar-refractivity contribution in [1.29, 1.82) is 0 Å². The van der Waals surface area contributed by atoms with E-state index in [0.717, 1.165) is 44.9 Å². The van der Waals surface area contributed by atoms with E-state index in [2.05, 4.69) is 12.2 Å². The van der Waals surface area contributed by atoms with Gasteiger partial charge in [0.1, 0.15) is 18.5 Å². The maximum Gasteiger partial charge on any atom is 0.247 e. The lowest BCUT2D eigenvalue weighted by atomic mass is 9.77. The Morgan fingerprint density at radius 2 is 1.74 bits per heavy atom. The Bertz CT molecular complexity index is 1130. The van der Waals surface area contributed by atoms with Crippen LogP contribution < -0.4 is 14.8 Å². The lowest BCUT2D eigenvalue weighted by Crippen LogP contribution is -2.58. The molecule has 2 aliphatic carbocycles. The zero-order valence-corrected chi connectivity index (χ0v) is 25.9. The minimum absolute atomic E-state index is 0.0000416. The number of aliphatic hydroxyl groups excluding tert-OH is 2. The molecule has 238 valence electrons. The molecule has 4 unspecified atom stereocenters. The van der Waals surface area contributed by atoms with Crippen molar-refractivity contribution in [2.24, 2.45) is 0 Å². The molecule has 1 heterocycles. The molecule has 9 nitrogen and oxygen atoms in total. The number of aldehydes is 1. The lowest BCUT2D eigenvalue weighted by molar-refractivity contribution is -0.140. The third-order valence-electron chi connectivity index (χ3n) is 9.23. The van der Waals surface area contributed by atoms with Crippen molar-refractivity contribution in [3.8, 4) is 11.5 Å². The van der Waals surface area contributed by atoms with Crippen molar-refractivity contribution >= 4 is 18.1 Å². The highest BCUT2D eigenvalue weighted by Crippen LogP contribution is 2.51. The minimum atomic E-state index is -1.09. The molecule has 2 amide bonds. The number of amides is 2. The molecule has 3 aliphatic rings. The number of carbonyl (C=O) groups is 3. The fourth-order valence-electron chi connectivity index (χ4n) is 7.04. The predicted molar refractivity (Wildman–Crippen MR) is 164 cm³/mol. The number of hydrogen-bond donors (Lipinski definition) is 3. The summed E-state index contributed by atoms with van der Waals surface area (Å²) in [6, 6.07) is 2.48. The summed E-state index contributed by atoms with van der Waals surface area (Å²) in [5, 5.41) is 24.0. The van der Waals surface area contributed by atoms with Crippen molar-refractivity contribution in [1.82, 2.24) is 10.2 Å². The maximum atomic E-state index is 13.9. The summed E-state index contributed by atoms with van der Waals surface area (Å²) in [6.07, 6.45) is 15.1. The number of benzene rings is 1. The van der Waals surface area contributed by atoms with Gasteiger partial charge in [0.15, 0.2) is 11.5 Å². The van der Waals surface area contributed by atoms with E-state index in [4.69, 9.17) is 9.47 Å². The Labute approximate surface area is 256 Å². The second-order valence-corrected chi connectivity index (χ2v) is 12.2. The highest BCUT2D eigenvalue weighted by Gasteiger charge is 2.52. The summed E-state index contributed by atoms with van der Waals surface area (Å²) in [7, 11) is 1.48. The number of rotatable bonds is 17. The van der Waals surface area contributed by atoms with E-state index in [0.29, 0.717) is 40.9 Å². The Morgan fingerprint density at radius 3 is 2.37 bits per heavy atom. The molecule has 4 atom stereocenters. The molecule has 1 fully saturated rings.